The fourth-order valence-electron chi connectivity index (χ4n) is 5.07. The van der Waals surface area contributed by atoms with Crippen LogP contribution in [-0.2, 0) is 14.8 Å². The molecule has 10 nitrogen and oxygen atoms in total. The van der Waals surface area contributed by atoms with Gasteiger partial charge in [-0.3, -0.25) is 9.59 Å². The first-order valence-corrected chi connectivity index (χ1v) is 15.9. The molecule has 42 heavy (non-hydrogen) atoms. The Kier molecular flexibility index (Phi) is 7.03. The van der Waals surface area contributed by atoms with Gasteiger partial charge in [0.25, 0.3) is 5.91 Å². The number of amides is 2. The molecule has 0 radical (unpaired) electrons. The average molecular weight is 602 g/mol. The van der Waals surface area contributed by atoms with Crippen LogP contribution < -0.4 is 10.1 Å². The van der Waals surface area contributed by atoms with Gasteiger partial charge in [-0.2, -0.15) is 0 Å². The summed E-state index contributed by atoms with van der Waals surface area (Å²) in [6, 6.07) is 17.9. The largest absolute Gasteiger partial charge is 0.481 e. The van der Waals surface area contributed by atoms with Crippen LogP contribution in [0.3, 0.4) is 0 Å². The third kappa shape index (κ3) is 5.14. The lowest BCUT2D eigenvalue weighted by Gasteiger charge is -2.39. The molecule has 5 aromatic rings. The molecule has 0 unspecified atom stereocenters. The number of carbonyl (C=O) groups excluding carboxylic acids is 2. The average Bonchev–Trinajstić information content (AvgIpc) is 3.57. The van der Waals surface area contributed by atoms with Crippen molar-refractivity contribution < 1.29 is 22.7 Å². The maximum Gasteiger partial charge on any atom is 0.256 e. The van der Waals surface area contributed by atoms with Gasteiger partial charge in [-0.25, -0.2) is 22.4 Å². The second-order valence-corrected chi connectivity index (χ2v) is 12.8. The van der Waals surface area contributed by atoms with E-state index < -0.39 is 16.1 Å². The maximum absolute atomic E-state index is 13.5. The number of likely N-dealkylation sites (tertiary alicyclic amines) is 1. The highest BCUT2D eigenvalue weighted by atomic mass is 32.2. The lowest BCUT2D eigenvalue weighted by Crippen LogP contribution is -2.56. The molecule has 1 aliphatic heterocycles. The molecular weight excluding hydrogens is 574 g/mol. The van der Waals surface area contributed by atoms with E-state index in [1.165, 1.54) is 22.4 Å². The highest BCUT2D eigenvalue weighted by molar-refractivity contribution is 7.89. The van der Waals surface area contributed by atoms with Gasteiger partial charge in [-0.05, 0) is 42.7 Å². The molecule has 6 rings (SSSR count). The van der Waals surface area contributed by atoms with Crippen LogP contribution in [0.1, 0.15) is 22.5 Å². The van der Waals surface area contributed by atoms with Crippen LogP contribution in [0.25, 0.3) is 33.3 Å². The number of pyridine rings is 1. The first kappa shape index (κ1) is 27.6. The summed E-state index contributed by atoms with van der Waals surface area (Å²) in [6.07, 6.45) is 2.92. The monoisotopic (exact) mass is 601 g/mol. The molecule has 0 aliphatic carbocycles. The molecule has 0 saturated carbocycles. The number of hydrogen-bond donors (Lipinski definition) is 1. The molecule has 3 aromatic heterocycles. The Hall–Kier alpha value is -4.55. The summed E-state index contributed by atoms with van der Waals surface area (Å²) in [5.74, 6) is -0.186. The molecule has 1 atom stereocenters. The predicted molar refractivity (Wildman–Crippen MR) is 162 cm³/mol. The van der Waals surface area contributed by atoms with Crippen LogP contribution in [0.2, 0.25) is 0 Å². The maximum atomic E-state index is 13.5. The van der Waals surface area contributed by atoms with E-state index in [9.17, 15) is 18.0 Å². The van der Waals surface area contributed by atoms with Crippen molar-refractivity contribution in [1.29, 1.82) is 0 Å². The van der Waals surface area contributed by atoms with Crippen LogP contribution in [0.15, 0.2) is 72.2 Å². The number of rotatable bonds is 7. The van der Waals surface area contributed by atoms with Crippen LogP contribution in [-0.4, -0.2) is 65.0 Å². The summed E-state index contributed by atoms with van der Waals surface area (Å²) in [5, 5.41) is 5.67. The van der Waals surface area contributed by atoms with E-state index >= 15 is 0 Å². The molecule has 1 aliphatic rings. The minimum Gasteiger partial charge on any atom is -0.481 e. The Morgan fingerprint density at radius 3 is 2.55 bits per heavy atom. The van der Waals surface area contributed by atoms with Crippen molar-refractivity contribution in [2.75, 3.05) is 25.2 Å². The number of para-hydroxylation sites is 1. The van der Waals surface area contributed by atoms with E-state index in [0.717, 1.165) is 32.6 Å². The van der Waals surface area contributed by atoms with Crippen molar-refractivity contribution in [1.82, 2.24) is 18.8 Å². The van der Waals surface area contributed by atoms with Gasteiger partial charge < -0.3 is 15.0 Å². The molecule has 12 heteroatoms. The number of aromatic nitrogens is 3. The Labute approximate surface area is 246 Å². The van der Waals surface area contributed by atoms with Gasteiger partial charge in [0.1, 0.15) is 6.04 Å². The third-order valence-electron chi connectivity index (χ3n) is 7.21. The Morgan fingerprint density at radius 1 is 1.02 bits per heavy atom. The smallest absolute Gasteiger partial charge is 0.256 e. The van der Waals surface area contributed by atoms with Crippen molar-refractivity contribution in [2.24, 2.45) is 0 Å². The van der Waals surface area contributed by atoms with E-state index in [1.807, 2.05) is 48.7 Å². The van der Waals surface area contributed by atoms with Gasteiger partial charge in [-0.15, -0.1) is 11.3 Å². The summed E-state index contributed by atoms with van der Waals surface area (Å²) in [7, 11) is -2.03. The fourth-order valence-corrected chi connectivity index (χ4v) is 6.61. The minimum atomic E-state index is -3.62. The van der Waals surface area contributed by atoms with Gasteiger partial charge in [-0.1, -0.05) is 36.4 Å². The molecule has 0 bridgehead atoms. The second-order valence-electron chi connectivity index (χ2n) is 10.1. The lowest BCUT2D eigenvalue weighted by atomic mass is 10.00. The van der Waals surface area contributed by atoms with Crippen LogP contribution in [0, 0.1) is 6.92 Å². The highest BCUT2D eigenvalue weighted by Gasteiger charge is 2.39. The van der Waals surface area contributed by atoms with E-state index in [1.54, 1.807) is 31.4 Å². The number of aryl methyl sites for hydroxylation is 1. The number of benzene rings is 2. The molecule has 4 heterocycles. The Balaban J connectivity index is 1.19. The standard InChI is InChI=1S/C30H27N5O5S2/c1-18-13-21(15-27(31-18)40-2)19-7-6-8-20(14-19)24-17-41-30(32-24)33-28(36)26-11-12-34(26)29(37)23-16-35(42(3,38)39)25-10-5-4-9-22(23)25/h4-10,13-17,26H,11-12H2,1-3H3,(H,32,33,36)/t26-/m0/s1. The topological polar surface area (TPSA) is 123 Å². The number of ether oxygens (including phenoxy) is 1. The molecule has 0 spiro atoms. The number of anilines is 1. The van der Waals surface area contributed by atoms with Crippen molar-refractivity contribution in [3.63, 3.8) is 0 Å². The number of carbonyl (C=O) groups is 2. The van der Waals surface area contributed by atoms with Crippen molar-refractivity contribution in [3.05, 3.63) is 83.5 Å². The summed E-state index contributed by atoms with van der Waals surface area (Å²) in [4.78, 5) is 37.1. The quantitative estimate of drug-likeness (QED) is 0.284. The van der Waals surface area contributed by atoms with Crippen molar-refractivity contribution in [3.8, 4) is 28.3 Å². The van der Waals surface area contributed by atoms with E-state index in [2.05, 4.69) is 15.3 Å². The van der Waals surface area contributed by atoms with Gasteiger partial charge in [0, 0.05) is 40.8 Å². The Morgan fingerprint density at radius 2 is 1.81 bits per heavy atom. The first-order valence-electron chi connectivity index (χ1n) is 13.1. The fraction of sp³-hybridized carbons (Fsp3) is 0.200. The van der Waals surface area contributed by atoms with Gasteiger partial charge in [0.2, 0.25) is 21.8 Å². The zero-order valence-electron chi connectivity index (χ0n) is 23.1. The van der Waals surface area contributed by atoms with E-state index in [-0.39, 0.29) is 17.4 Å². The zero-order valence-corrected chi connectivity index (χ0v) is 24.7. The SMILES string of the molecule is COc1cc(-c2cccc(-c3csc(NC(=O)[C@@H]4CCN4C(=O)c4cn(S(C)(=O)=O)c5ccccc45)n3)c2)cc(C)n1. The first-order chi connectivity index (χ1) is 20.1. The third-order valence-corrected chi connectivity index (χ3v) is 8.99. The van der Waals surface area contributed by atoms with Crippen molar-refractivity contribution in [2.45, 2.75) is 19.4 Å². The molecule has 1 fully saturated rings. The summed E-state index contributed by atoms with van der Waals surface area (Å²) in [6.45, 7) is 2.31. The summed E-state index contributed by atoms with van der Waals surface area (Å²) in [5.41, 5.74) is 5.06. The predicted octanol–water partition coefficient (Wildman–Crippen LogP) is 4.80. The number of nitrogens with one attached hydrogen (secondary N) is 1. The Bertz CT molecular complexity index is 1960. The molecule has 214 valence electrons. The molecule has 1 saturated heterocycles. The van der Waals surface area contributed by atoms with Gasteiger partial charge >= 0.3 is 0 Å². The minimum absolute atomic E-state index is 0.243. The van der Waals surface area contributed by atoms with Gasteiger partial charge in [0.05, 0.1) is 30.1 Å². The molecule has 1 N–H and O–H groups in total. The lowest BCUT2D eigenvalue weighted by molar-refractivity contribution is -0.123. The van der Waals surface area contributed by atoms with E-state index in [4.69, 9.17) is 4.74 Å². The van der Waals surface area contributed by atoms with Gasteiger partial charge in [0.15, 0.2) is 5.13 Å². The number of methoxy groups -OCH3 is 1. The zero-order chi connectivity index (χ0) is 29.6. The molecule has 2 amide bonds. The summed E-state index contributed by atoms with van der Waals surface area (Å²) < 4.78 is 31.0. The summed E-state index contributed by atoms with van der Waals surface area (Å²) >= 11 is 1.30. The van der Waals surface area contributed by atoms with Crippen LogP contribution >= 0.6 is 11.3 Å². The number of hydrogen-bond acceptors (Lipinski definition) is 8. The highest BCUT2D eigenvalue weighted by Crippen LogP contribution is 2.32. The molecule has 2 aromatic carbocycles. The molecular formula is C30H27N5O5S2. The number of thiazole rings is 1. The normalized spacial score (nSPS) is 14.9. The van der Waals surface area contributed by atoms with Crippen LogP contribution in [0.5, 0.6) is 5.88 Å². The van der Waals surface area contributed by atoms with Crippen LogP contribution in [0.4, 0.5) is 5.13 Å². The number of fused-ring (bicyclic) bond motifs is 1. The second kappa shape index (κ2) is 10.7. The van der Waals surface area contributed by atoms with E-state index in [0.29, 0.717) is 40.6 Å². The van der Waals surface area contributed by atoms with Crippen molar-refractivity contribution >= 4 is 49.2 Å². The number of nitrogens with zero attached hydrogens (tertiary/aromatic N) is 4.